The van der Waals surface area contributed by atoms with Crippen LogP contribution in [0.25, 0.3) is 10.9 Å². The topological polar surface area (TPSA) is 69.6 Å². The maximum absolute atomic E-state index is 12.2. The molecule has 0 bridgehead atoms. The van der Waals surface area contributed by atoms with E-state index in [2.05, 4.69) is 5.32 Å². The summed E-state index contributed by atoms with van der Waals surface area (Å²) in [5.74, 6) is 1.09. The molecule has 2 aromatic carbocycles. The minimum absolute atomic E-state index is 0.107. The molecule has 0 saturated heterocycles. The van der Waals surface area contributed by atoms with Crippen LogP contribution >= 0.6 is 0 Å². The standard InChI is InChI=1S/C22H24N2O4/c1-3-27-19-12-7-5-10-17(19)23-21(25)13-8-14-28-20-15-22(26)24(2)18-11-6-4-9-16(18)20/h4-7,9-12,15H,3,8,13-14H2,1-2H3,(H,23,25). The van der Waals surface area contributed by atoms with Gasteiger partial charge in [0.1, 0.15) is 11.5 Å². The minimum atomic E-state index is -0.126. The van der Waals surface area contributed by atoms with Crippen molar-refractivity contribution in [2.45, 2.75) is 19.8 Å². The number of aryl methyl sites for hydroxylation is 1. The van der Waals surface area contributed by atoms with Gasteiger partial charge in [-0.1, -0.05) is 24.3 Å². The summed E-state index contributed by atoms with van der Waals surface area (Å²) in [6.07, 6.45) is 0.843. The fraction of sp³-hybridized carbons (Fsp3) is 0.273. The Kier molecular flexibility index (Phi) is 6.32. The average molecular weight is 380 g/mol. The first-order valence-corrected chi connectivity index (χ1v) is 9.33. The van der Waals surface area contributed by atoms with E-state index in [1.165, 1.54) is 6.07 Å². The predicted octanol–water partition coefficient (Wildman–Crippen LogP) is 3.73. The summed E-state index contributed by atoms with van der Waals surface area (Å²) in [5, 5.41) is 3.74. The Balaban J connectivity index is 1.57. The number of carbonyl (C=O) groups excluding carboxylic acids is 1. The molecule has 0 saturated carbocycles. The zero-order valence-corrected chi connectivity index (χ0v) is 16.1. The monoisotopic (exact) mass is 380 g/mol. The molecule has 1 N–H and O–H groups in total. The summed E-state index contributed by atoms with van der Waals surface area (Å²) < 4.78 is 12.9. The summed E-state index contributed by atoms with van der Waals surface area (Å²) in [6.45, 7) is 2.78. The first kappa shape index (κ1) is 19.5. The Morgan fingerprint density at radius 1 is 1.04 bits per heavy atom. The van der Waals surface area contributed by atoms with Crippen LogP contribution in [-0.2, 0) is 11.8 Å². The quantitative estimate of drug-likeness (QED) is 0.605. The largest absolute Gasteiger partial charge is 0.493 e. The van der Waals surface area contributed by atoms with Crippen LogP contribution in [0, 0.1) is 0 Å². The van der Waals surface area contributed by atoms with Crippen LogP contribution in [0.3, 0.4) is 0 Å². The number of hydrogen-bond acceptors (Lipinski definition) is 4. The number of carbonyl (C=O) groups is 1. The van der Waals surface area contributed by atoms with Crippen LogP contribution in [0.5, 0.6) is 11.5 Å². The molecule has 6 heteroatoms. The van der Waals surface area contributed by atoms with Gasteiger partial charge < -0.3 is 19.4 Å². The molecule has 28 heavy (non-hydrogen) atoms. The fourth-order valence-electron chi connectivity index (χ4n) is 2.98. The van der Waals surface area contributed by atoms with Gasteiger partial charge in [-0.3, -0.25) is 9.59 Å². The van der Waals surface area contributed by atoms with Crippen molar-refractivity contribution in [3.63, 3.8) is 0 Å². The molecule has 146 valence electrons. The molecule has 0 aliphatic heterocycles. The number of nitrogens with zero attached hydrogens (tertiary/aromatic N) is 1. The van der Waals surface area contributed by atoms with Crippen LogP contribution in [0.1, 0.15) is 19.8 Å². The number of anilines is 1. The number of pyridine rings is 1. The SMILES string of the molecule is CCOc1ccccc1NC(=O)CCCOc1cc(=O)n(C)c2ccccc12. The Morgan fingerprint density at radius 2 is 1.79 bits per heavy atom. The number of aromatic nitrogens is 1. The van der Waals surface area contributed by atoms with Gasteiger partial charge in [0, 0.05) is 24.9 Å². The lowest BCUT2D eigenvalue weighted by atomic mass is 10.2. The Labute approximate surface area is 163 Å². The molecule has 1 amide bonds. The van der Waals surface area contributed by atoms with Crippen molar-refractivity contribution in [2.24, 2.45) is 7.05 Å². The van der Waals surface area contributed by atoms with Crippen molar-refractivity contribution < 1.29 is 14.3 Å². The van der Waals surface area contributed by atoms with E-state index in [0.717, 1.165) is 10.9 Å². The van der Waals surface area contributed by atoms with E-state index < -0.39 is 0 Å². The van der Waals surface area contributed by atoms with E-state index in [9.17, 15) is 9.59 Å². The second-order valence-corrected chi connectivity index (χ2v) is 6.35. The second-order valence-electron chi connectivity index (χ2n) is 6.35. The molecule has 3 rings (SSSR count). The zero-order valence-electron chi connectivity index (χ0n) is 16.1. The molecule has 0 spiro atoms. The number of benzene rings is 2. The number of fused-ring (bicyclic) bond motifs is 1. The lowest BCUT2D eigenvalue weighted by Crippen LogP contribution is -2.17. The van der Waals surface area contributed by atoms with Gasteiger partial charge in [0.05, 0.1) is 24.4 Å². The van der Waals surface area contributed by atoms with Gasteiger partial charge in [0.15, 0.2) is 0 Å². The van der Waals surface area contributed by atoms with Crippen molar-refractivity contribution in [3.8, 4) is 11.5 Å². The first-order chi connectivity index (χ1) is 13.6. The normalized spacial score (nSPS) is 10.6. The van der Waals surface area contributed by atoms with Crippen molar-refractivity contribution in [2.75, 3.05) is 18.5 Å². The molecular formula is C22H24N2O4. The maximum Gasteiger partial charge on any atom is 0.254 e. The number of nitrogens with one attached hydrogen (secondary N) is 1. The lowest BCUT2D eigenvalue weighted by Gasteiger charge is -2.12. The molecule has 0 fully saturated rings. The summed E-state index contributed by atoms with van der Waals surface area (Å²) in [4.78, 5) is 24.3. The van der Waals surface area contributed by atoms with Crippen molar-refractivity contribution in [1.29, 1.82) is 0 Å². The van der Waals surface area contributed by atoms with Gasteiger partial charge in [-0.25, -0.2) is 0 Å². The second kappa shape index (κ2) is 9.08. The molecule has 3 aromatic rings. The summed E-state index contributed by atoms with van der Waals surface area (Å²) >= 11 is 0. The third kappa shape index (κ3) is 4.52. The highest BCUT2D eigenvalue weighted by Gasteiger charge is 2.09. The Bertz CT molecular complexity index is 1030. The molecule has 6 nitrogen and oxygen atoms in total. The van der Waals surface area contributed by atoms with Crippen LogP contribution in [0.15, 0.2) is 59.4 Å². The van der Waals surface area contributed by atoms with Crippen molar-refractivity contribution >= 4 is 22.5 Å². The number of ether oxygens (including phenoxy) is 2. The lowest BCUT2D eigenvalue weighted by molar-refractivity contribution is -0.116. The van der Waals surface area contributed by atoms with Crippen LogP contribution < -0.4 is 20.3 Å². The number of hydrogen-bond donors (Lipinski definition) is 1. The van der Waals surface area contributed by atoms with Crippen LogP contribution in [0.4, 0.5) is 5.69 Å². The third-order valence-electron chi connectivity index (χ3n) is 4.38. The molecular weight excluding hydrogens is 356 g/mol. The maximum atomic E-state index is 12.2. The minimum Gasteiger partial charge on any atom is -0.493 e. The fourth-order valence-corrected chi connectivity index (χ4v) is 2.98. The predicted molar refractivity (Wildman–Crippen MR) is 110 cm³/mol. The highest BCUT2D eigenvalue weighted by atomic mass is 16.5. The molecule has 0 unspecified atom stereocenters. The highest BCUT2D eigenvalue weighted by molar-refractivity contribution is 5.92. The van der Waals surface area contributed by atoms with Gasteiger partial charge in [0.2, 0.25) is 5.91 Å². The van der Waals surface area contributed by atoms with E-state index in [1.54, 1.807) is 11.6 Å². The highest BCUT2D eigenvalue weighted by Crippen LogP contribution is 2.25. The van der Waals surface area contributed by atoms with Crippen LogP contribution in [-0.4, -0.2) is 23.7 Å². The summed E-state index contributed by atoms with van der Waals surface area (Å²) in [5.41, 5.74) is 1.35. The first-order valence-electron chi connectivity index (χ1n) is 9.33. The summed E-state index contributed by atoms with van der Waals surface area (Å²) in [6, 6.07) is 16.4. The van der Waals surface area contributed by atoms with Crippen LogP contribution in [0.2, 0.25) is 0 Å². The van der Waals surface area contributed by atoms with Gasteiger partial charge in [-0.05, 0) is 37.6 Å². The van der Waals surface area contributed by atoms with Gasteiger partial charge in [0.25, 0.3) is 5.56 Å². The Hall–Kier alpha value is -3.28. The van der Waals surface area contributed by atoms with E-state index in [0.29, 0.717) is 43.2 Å². The molecule has 0 aliphatic carbocycles. The third-order valence-corrected chi connectivity index (χ3v) is 4.38. The van der Waals surface area contributed by atoms with Gasteiger partial charge in [-0.2, -0.15) is 0 Å². The van der Waals surface area contributed by atoms with E-state index in [4.69, 9.17) is 9.47 Å². The molecule has 0 atom stereocenters. The number of amides is 1. The smallest absolute Gasteiger partial charge is 0.254 e. The van der Waals surface area contributed by atoms with Crippen molar-refractivity contribution in [1.82, 2.24) is 4.57 Å². The number of para-hydroxylation sites is 3. The zero-order chi connectivity index (χ0) is 19.9. The Morgan fingerprint density at radius 3 is 2.61 bits per heavy atom. The molecule has 1 aromatic heterocycles. The molecule has 0 radical (unpaired) electrons. The molecule has 1 heterocycles. The van der Waals surface area contributed by atoms with Crippen molar-refractivity contribution in [3.05, 3.63) is 65.0 Å². The van der Waals surface area contributed by atoms with Gasteiger partial charge >= 0.3 is 0 Å². The molecule has 0 aliphatic rings. The van der Waals surface area contributed by atoms with E-state index in [-0.39, 0.29) is 11.5 Å². The van der Waals surface area contributed by atoms with Gasteiger partial charge in [-0.15, -0.1) is 0 Å². The summed E-state index contributed by atoms with van der Waals surface area (Å²) in [7, 11) is 1.73. The average Bonchev–Trinajstić information content (AvgIpc) is 2.70. The number of rotatable bonds is 8. The van der Waals surface area contributed by atoms with E-state index in [1.807, 2.05) is 55.5 Å². The van der Waals surface area contributed by atoms with E-state index >= 15 is 0 Å².